The second-order valence-electron chi connectivity index (χ2n) is 8.60. The smallest absolute Gasteiger partial charge is 0.303 e. The van der Waals surface area contributed by atoms with Crippen LogP contribution < -0.4 is 5.32 Å². The number of aromatic amines is 1. The molecule has 0 spiro atoms. The van der Waals surface area contributed by atoms with Crippen LogP contribution in [0.4, 0.5) is 5.69 Å². The van der Waals surface area contributed by atoms with E-state index in [2.05, 4.69) is 10.3 Å². The van der Waals surface area contributed by atoms with Gasteiger partial charge in [0.15, 0.2) is 19.7 Å². The molecule has 188 valence electrons. The monoisotopic (exact) mass is 528 g/mol. The highest BCUT2D eigenvalue weighted by Crippen LogP contribution is 2.37. The third-order valence-corrected chi connectivity index (χ3v) is 8.82. The number of sulfone groups is 2. The molecule has 2 aromatic carbocycles. The molecule has 11 heteroatoms. The summed E-state index contributed by atoms with van der Waals surface area (Å²) in [5, 5.41) is 11.8. The summed E-state index contributed by atoms with van der Waals surface area (Å²) in [5.41, 5.74) is 2.40. The Labute approximate surface area is 208 Å². The van der Waals surface area contributed by atoms with Crippen molar-refractivity contribution in [2.45, 2.75) is 35.3 Å². The molecule has 0 saturated heterocycles. The molecule has 36 heavy (non-hydrogen) atoms. The van der Waals surface area contributed by atoms with Crippen LogP contribution in [0.25, 0.3) is 11.6 Å². The van der Waals surface area contributed by atoms with Crippen molar-refractivity contribution in [3.05, 3.63) is 76.6 Å². The van der Waals surface area contributed by atoms with Crippen molar-refractivity contribution in [3.8, 4) is 0 Å². The number of hydrogen-bond donors (Lipinski definition) is 3. The third kappa shape index (κ3) is 5.12. The number of carbonyl (C=O) groups is 2. The van der Waals surface area contributed by atoms with Gasteiger partial charge in [-0.25, -0.2) is 16.8 Å². The van der Waals surface area contributed by atoms with Crippen molar-refractivity contribution in [1.82, 2.24) is 4.98 Å². The molecule has 1 aliphatic heterocycles. The first kappa shape index (κ1) is 25.4. The van der Waals surface area contributed by atoms with Gasteiger partial charge in [-0.1, -0.05) is 30.3 Å². The zero-order valence-corrected chi connectivity index (χ0v) is 21.2. The number of rotatable bonds is 8. The van der Waals surface area contributed by atoms with Crippen molar-refractivity contribution in [1.29, 1.82) is 0 Å². The van der Waals surface area contributed by atoms with E-state index in [4.69, 9.17) is 5.11 Å². The van der Waals surface area contributed by atoms with Crippen molar-refractivity contribution in [2.75, 3.05) is 11.6 Å². The fourth-order valence-electron chi connectivity index (χ4n) is 4.31. The van der Waals surface area contributed by atoms with Crippen LogP contribution in [-0.4, -0.2) is 45.1 Å². The molecule has 0 fully saturated rings. The van der Waals surface area contributed by atoms with E-state index in [1.54, 1.807) is 37.3 Å². The molecule has 0 aliphatic carbocycles. The Balaban J connectivity index is 1.80. The lowest BCUT2D eigenvalue weighted by Gasteiger charge is -2.07. The largest absolute Gasteiger partial charge is 0.481 e. The summed E-state index contributed by atoms with van der Waals surface area (Å²) in [5.74, 6) is -1.79. The zero-order valence-electron chi connectivity index (χ0n) is 19.5. The zero-order chi connectivity index (χ0) is 26.3. The maximum atomic E-state index is 13.1. The molecule has 2 heterocycles. The molecule has 1 aromatic heterocycles. The van der Waals surface area contributed by atoms with Crippen molar-refractivity contribution >= 4 is 48.9 Å². The van der Waals surface area contributed by atoms with Crippen molar-refractivity contribution in [3.63, 3.8) is 0 Å². The number of benzene rings is 2. The number of fused-ring (bicyclic) bond motifs is 1. The number of H-pyrrole nitrogens is 1. The topological polar surface area (TPSA) is 150 Å². The molecule has 0 radical (unpaired) electrons. The summed E-state index contributed by atoms with van der Waals surface area (Å²) in [6.45, 7) is 1.56. The van der Waals surface area contributed by atoms with E-state index in [9.17, 15) is 26.4 Å². The van der Waals surface area contributed by atoms with Crippen LogP contribution in [0.3, 0.4) is 0 Å². The number of amides is 1. The lowest BCUT2D eigenvalue weighted by atomic mass is 10.0. The molecule has 3 aromatic rings. The van der Waals surface area contributed by atoms with Gasteiger partial charge in [-0.2, -0.15) is 0 Å². The van der Waals surface area contributed by atoms with Crippen molar-refractivity contribution in [2.24, 2.45) is 0 Å². The van der Waals surface area contributed by atoms with Gasteiger partial charge in [-0.05, 0) is 48.7 Å². The minimum Gasteiger partial charge on any atom is -0.481 e. The fraction of sp³-hybridized carbons (Fsp3) is 0.200. The highest BCUT2D eigenvalue weighted by atomic mass is 32.2. The predicted octanol–water partition coefficient (Wildman–Crippen LogP) is 3.21. The third-order valence-electron chi connectivity index (χ3n) is 5.84. The van der Waals surface area contributed by atoms with Gasteiger partial charge in [0, 0.05) is 35.3 Å². The van der Waals surface area contributed by atoms with Gasteiger partial charge in [-0.3, -0.25) is 9.59 Å². The van der Waals surface area contributed by atoms with Crippen LogP contribution in [0.1, 0.15) is 34.5 Å². The Morgan fingerprint density at radius 2 is 1.75 bits per heavy atom. The Morgan fingerprint density at radius 1 is 1.06 bits per heavy atom. The molecule has 0 unspecified atom stereocenters. The average molecular weight is 529 g/mol. The number of aliphatic carboxylic acids is 1. The number of carboxylic acid groups (broad SMARTS) is 1. The number of nitrogens with one attached hydrogen (secondary N) is 2. The van der Waals surface area contributed by atoms with Crippen molar-refractivity contribution < 1.29 is 31.5 Å². The Bertz CT molecular complexity index is 1620. The van der Waals surface area contributed by atoms with Crippen LogP contribution >= 0.6 is 0 Å². The second kappa shape index (κ2) is 9.40. The van der Waals surface area contributed by atoms with Crippen LogP contribution in [0.5, 0.6) is 0 Å². The van der Waals surface area contributed by atoms with E-state index in [-0.39, 0.29) is 45.2 Å². The van der Waals surface area contributed by atoms with Crippen LogP contribution in [-0.2, 0) is 41.4 Å². The SMILES string of the molecule is Cc1[nH]c(/C=C2/C(=O)Nc3ccc(S(=O)(=O)Cc4ccccc4)cc32)c(CCC(=O)O)c1S(C)(=O)=O. The first-order valence-electron chi connectivity index (χ1n) is 10.9. The highest BCUT2D eigenvalue weighted by Gasteiger charge is 2.29. The number of carbonyl (C=O) groups excluding carboxylic acids is 1. The summed E-state index contributed by atoms with van der Waals surface area (Å²) in [6, 6.07) is 13.1. The molecule has 0 bridgehead atoms. The Morgan fingerprint density at radius 3 is 2.39 bits per heavy atom. The summed E-state index contributed by atoms with van der Waals surface area (Å²) in [4.78, 5) is 27.0. The fourth-order valence-corrected chi connectivity index (χ4v) is 6.95. The van der Waals surface area contributed by atoms with E-state index in [0.29, 0.717) is 22.5 Å². The van der Waals surface area contributed by atoms with E-state index in [1.165, 1.54) is 24.3 Å². The number of aromatic nitrogens is 1. The average Bonchev–Trinajstić information content (AvgIpc) is 3.27. The molecule has 0 saturated carbocycles. The number of anilines is 1. The minimum atomic E-state index is -3.72. The normalized spacial score (nSPS) is 14.6. The Kier molecular flexibility index (Phi) is 6.63. The highest BCUT2D eigenvalue weighted by molar-refractivity contribution is 7.91. The number of carboxylic acids is 1. The van der Waals surface area contributed by atoms with Gasteiger partial charge in [0.2, 0.25) is 0 Å². The van der Waals surface area contributed by atoms with Gasteiger partial charge in [0.1, 0.15) is 0 Å². The van der Waals surface area contributed by atoms with E-state index in [0.717, 1.165) is 6.26 Å². The van der Waals surface area contributed by atoms with E-state index < -0.39 is 31.6 Å². The van der Waals surface area contributed by atoms with Gasteiger partial charge < -0.3 is 15.4 Å². The summed E-state index contributed by atoms with van der Waals surface area (Å²) >= 11 is 0. The maximum absolute atomic E-state index is 13.1. The van der Waals surface area contributed by atoms with Gasteiger partial charge in [0.25, 0.3) is 5.91 Å². The lowest BCUT2D eigenvalue weighted by Crippen LogP contribution is -2.06. The molecule has 1 amide bonds. The minimum absolute atomic E-state index is 0.00609. The maximum Gasteiger partial charge on any atom is 0.303 e. The first-order chi connectivity index (χ1) is 16.9. The quantitative estimate of drug-likeness (QED) is 0.380. The lowest BCUT2D eigenvalue weighted by molar-refractivity contribution is -0.137. The van der Waals surface area contributed by atoms with E-state index >= 15 is 0 Å². The molecule has 9 nitrogen and oxygen atoms in total. The van der Waals surface area contributed by atoms with E-state index in [1.807, 2.05) is 0 Å². The first-order valence-corrected chi connectivity index (χ1v) is 14.5. The second-order valence-corrected chi connectivity index (χ2v) is 12.5. The number of hydrogen-bond acceptors (Lipinski definition) is 6. The summed E-state index contributed by atoms with van der Waals surface area (Å²) < 4.78 is 50.9. The van der Waals surface area contributed by atoms with Gasteiger partial charge in [0.05, 0.1) is 21.1 Å². The van der Waals surface area contributed by atoms with Crippen LogP contribution in [0.15, 0.2) is 58.3 Å². The summed E-state index contributed by atoms with van der Waals surface area (Å²) in [7, 11) is -7.40. The molecular weight excluding hydrogens is 504 g/mol. The Hall–Kier alpha value is -3.70. The molecule has 3 N–H and O–H groups in total. The molecule has 4 rings (SSSR count). The predicted molar refractivity (Wildman–Crippen MR) is 135 cm³/mol. The van der Waals surface area contributed by atoms with Gasteiger partial charge >= 0.3 is 5.97 Å². The number of aryl methyl sites for hydroxylation is 1. The molecule has 0 atom stereocenters. The van der Waals surface area contributed by atoms with Crippen LogP contribution in [0.2, 0.25) is 0 Å². The molecular formula is C25H24N2O7S2. The summed E-state index contributed by atoms with van der Waals surface area (Å²) in [6.07, 6.45) is 2.10. The van der Waals surface area contributed by atoms with Crippen LogP contribution in [0, 0.1) is 6.92 Å². The van der Waals surface area contributed by atoms with Gasteiger partial charge in [-0.15, -0.1) is 0 Å². The molecule has 1 aliphatic rings. The standard InChI is InChI=1S/C25H24N2O7S2/c1-15-24(35(2,31)32)18(9-11-23(28)29)22(26-15)13-20-19-12-17(8-10-21(19)27-25(20)30)36(33,34)14-16-6-4-3-5-7-16/h3-8,10,12-13,26H,9,11,14H2,1-2H3,(H,27,30)(H,28,29)/b20-13+.